The SMILES string of the molecule is CCCCCOc1cc(C)nc(C)c1C(=N)N. The molecular weight excluding hydrogens is 214 g/mol. The molecule has 0 unspecified atom stereocenters. The number of ether oxygens (including phenoxy) is 1. The largest absolute Gasteiger partial charge is 0.493 e. The van der Waals surface area contributed by atoms with Crippen molar-refractivity contribution in [2.24, 2.45) is 5.73 Å². The number of nitrogens with two attached hydrogens (primary N) is 1. The van der Waals surface area contributed by atoms with Gasteiger partial charge in [-0.3, -0.25) is 10.4 Å². The quantitative estimate of drug-likeness (QED) is 0.452. The summed E-state index contributed by atoms with van der Waals surface area (Å²) in [5.74, 6) is 0.694. The maximum atomic E-state index is 7.56. The third-order valence-corrected chi connectivity index (χ3v) is 2.57. The molecule has 0 aliphatic heterocycles. The summed E-state index contributed by atoms with van der Waals surface area (Å²) in [6, 6.07) is 1.84. The molecule has 0 radical (unpaired) electrons. The second kappa shape index (κ2) is 6.23. The number of aryl methyl sites for hydroxylation is 2. The third kappa shape index (κ3) is 3.73. The van der Waals surface area contributed by atoms with Crippen molar-refractivity contribution in [1.82, 2.24) is 4.98 Å². The Hall–Kier alpha value is -1.58. The molecule has 1 heterocycles. The van der Waals surface area contributed by atoms with Gasteiger partial charge in [-0.15, -0.1) is 0 Å². The standard InChI is InChI=1S/C13H21N3O/c1-4-5-6-7-17-11-8-9(2)16-10(3)12(11)13(14)15/h8H,4-7H2,1-3H3,(H3,14,15). The van der Waals surface area contributed by atoms with Crippen molar-refractivity contribution < 1.29 is 4.74 Å². The summed E-state index contributed by atoms with van der Waals surface area (Å²) in [6.07, 6.45) is 3.34. The van der Waals surface area contributed by atoms with Crippen LogP contribution in [0.25, 0.3) is 0 Å². The molecular formula is C13H21N3O. The lowest BCUT2D eigenvalue weighted by Crippen LogP contribution is -2.16. The lowest BCUT2D eigenvalue weighted by Gasteiger charge is -2.13. The predicted molar refractivity (Wildman–Crippen MR) is 69.7 cm³/mol. The topological polar surface area (TPSA) is 72.0 Å². The van der Waals surface area contributed by atoms with E-state index in [0.717, 1.165) is 30.7 Å². The molecule has 0 saturated heterocycles. The van der Waals surface area contributed by atoms with Crippen LogP contribution in [0.15, 0.2) is 6.07 Å². The lowest BCUT2D eigenvalue weighted by molar-refractivity contribution is 0.305. The third-order valence-electron chi connectivity index (χ3n) is 2.57. The Kier molecular flexibility index (Phi) is 4.94. The van der Waals surface area contributed by atoms with Crippen LogP contribution in [0, 0.1) is 19.3 Å². The minimum atomic E-state index is 0.0143. The molecule has 0 aromatic carbocycles. The van der Waals surface area contributed by atoms with Crippen LogP contribution in [0.5, 0.6) is 5.75 Å². The Labute approximate surface area is 103 Å². The molecule has 0 bridgehead atoms. The van der Waals surface area contributed by atoms with Crippen molar-refractivity contribution in [3.8, 4) is 5.75 Å². The number of unbranched alkanes of at least 4 members (excludes halogenated alkanes) is 2. The Bertz CT molecular complexity index is 402. The van der Waals surface area contributed by atoms with Crippen LogP contribution < -0.4 is 10.5 Å². The molecule has 94 valence electrons. The molecule has 4 heteroatoms. The molecule has 1 aromatic rings. The van der Waals surface area contributed by atoms with E-state index < -0.39 is 0 Å². The van der Waals surface area contributed by atoms with Gasteiger partial charge in [0.2, 0.25) is 0 Å². The van der Waals surface area contributed by atoms with E-state index in [1.165, 1.54) is 0 Å². The first-order valence-corrected chi connectivity index (χ1v) is 6.01. The molecule has 1 rings (SSSR count). The molecule has 3 N–H and O–H groups in total. The van der Waals surface area contributed by atoms with Crippen molar-refractivity contribution in [3.05, 3.63) is 23.0 Å². The molecule has 1 aromatic heterocycles. The van der Waals surface area contributed by atoms with E-state index in [4.69, 9.17) is 15.9 Å². The monoisotopic (exact) mass is 235 g/mol. The van der Waals surface area contributed by atoms with E-state index in [-0.39, 0.29) is 5.84 Å². The van der Waals surface area contributed by atoms with Crippen LogP contribution in [-0.4, -0.2) is 17.4 Å². The van der Waals surface area contributed by atoms with Crippen molar-refractivity contribution in [1.29, 1.82) is 5.41 Å². The lowest BCUT2D eigenvalue weighted by atomic mass is 10.1. The fourth-order valence-electron chi connectivity index (χ4n) is 1.77. The zero-order chi connectivity index (χ0) is 12.8. The minimum absolute atomic E-state index is 0.0143. The van der Waals surface area contributed by atoms with Gasteiger partial charge in [-0.05, 0) is 20.3 Å². The number of hydrogen-bond donors (Lipinski definition) is 2. The van der Waals surface area contributed by atoms with Gasteiger partial charge in [0.15, 0.2) is 0 Å². The first-order valence-electron chi connectivity index (χ1n) is 6.01. The zero-order valence-electron chi connectivity index (χ0n) is 10.8. The summed E-state index contributed by atoms with van der Waals surface area (Å²) in [6.45, 7) is 6.58. The number of aromatic nitrogens is 1. The average molecular weight is 235 g/mol. The van der Waals surface area contributed by atoms with Crippen molar-refractivity contribution in [2.75, 3.05) is 6.61 Å². The second-order valence-electron chi connectivity index (χ2n) is 4.19. The minimum Gasteiger partial charge on any atom is -0.493 e. The summed E-state index contributed by atoms with van der Waals surface area (Å²) in [5, 5.41) is 7.56. The highest BCUT2D eigenvalue weighted by molar-refractivity contribution is 5.98. The van der Waals surface area contributed by atoms with Gasteiger partial charge in [0.05, 0.1) is 17.9 Å². The molecule has 0 fully saturated rings. The molecule has 0 amide bonds. The zero-order valence-corrected chi connectivity index (χ0v) is 10.8. The van der Waals surface area contributed by atoms with Crippen LogP contribution in [0.4, 0.5) is 0 Å². The Morgan fingerprint density at radius 3 is 2.71 bits per heavy atom. The molecule has 0 saturated carbocycles. The number of nitrogen functional groups attached to an aromatic ring is 1. The van der Waals surface area contributed by atoms with E-state index in [9.17, 15) is 0 Å². The van der Waals surface area contributed by atoms with Crippen molar-refractivity contribution >= 4 is 5.84 Å². The van der Waals surface area contributed by atoms with Gasteiger partial charge in [-0.1, -0.05) is 19.8 Å². The van der Waals surface area contributed by atoms with Crippen LogP contribution in [0.2, 0.25) is 0 Å². The van der Waals surface area contributed by atoms with Crippen LogP contribution >= 0.6 is 0 Å². The molecule has 0 spiro atoms. The van der Waals surface area contributed by atoms with E-state index in [1.54, 1.807) is 0 Å². The van der Waals surface area contributed by atoms with Crippen molar-refractivity contribution in [2.45, 2.75) is 40.0 Å². The van der Waals surface area contributed by atoms with E-state index in [2.05, 4.69) is 11.9 Å². The number of amidine groups is 1. The number of nitrogens with zero attached hydrogens (tertiary/aromatic N) is 1. The predicted octanol–water partition coefficient (Wildman–Crippen LogP) is 2.55. The normalized spacial score (nSPS) is 10.3. The summed E-state index contributed by atoms with van der Waals surface area (Å²) < 4.78 is 5.70. The van der Waals surface area contributed by atoms with Gasteiger partial charge < -0.3 is 10.5 Å². The van der Waals surface area contributed by atoms with Gasteiger partial charge in [0.25, 0.3) is 0 Å². The van der Waals surface area contributed by atoms with Gasteiger partial charge in [0.1, 0.15) is 11.6 Å². The van der Waals surface area contributed by atoms with Gasteiger partial charge in [-0.25, -0.2) is 0 Å². The number of pyridine rings is 1. The highest BCUT2D eigenvalue weighted by atomic mass is 16.5. The molecule has 0 atom stereocenters. The molecule has 0 aliphatic carbocycles. The smallest absolute Gasteiger partial charge is 0.133 e. The maximum absolute atomic E-state index is 7.56. The summed E-state index contributed by atoms with van der Waals surface area (Å²) in [5.41, 5.74) is 7.82. The van der Waals surface area contributed by atoms with Crippen LogP contribution in [0.3, 0.4) is 0 Å². The second-order valence-corrected chi connectivity index (χ2v) is 4.19. The molecule has 17 heavy (non-hydrogen) atoms. The summed E-state index contributed by atoms with van der Waals surface area (Å²) in [7, 11) is 0. The van der Waals surface area contributed by atoms with Crippen molar-refractivity contribution in [3.63, 3.8) is 0 Å². The number of nitrogens with one attached hydrogen (secondary N) is 1. The van der Waals surface area contributed by atoms with Gasteiger partial charge >= 0.3 is 0 Å². The first-order chi connectivity index (χ1) is 8.06. The maximum Gasteiger partial charge on any atom is 0.133 e. The fourth-order valence-corrected chi connectivity index (χ4v) is 1.77. The molecule has 0 aliphatic rings. The highest BCUT2D eigenvalue weighted by Crippen LogP contribution is 2.22. The number of hydrogen-bond acceptors (Lipinski definition) is 3. The fraction of sp³-hybridized carbons (Fsp3) is 0.538. The average Bonchev–Trinajstić information content (AvgIpc) is 2.22. The van der Waals surface area contributed by atoms with E-state index >= 15 is 0 Å². The van der Waals surface area contributed by atoms with Crippen LogP contribution in [0.1, 0.15) is 43.1 Å². The highest BCUT2D eigenvalue weighted by Gasteiger charge is 2.12. The van der Waals surface area contributed by atoms with Gasteiger partial charge in [-0.2, -0.15) is 0 Å². The Balaban J connectivity index is 2.85. The first kappa shape index (κ1) is 13.5. The number of rotatable bonds is 6. The summed E-state index contributed by atoms with van der Waals surface area (Å²) in [4.78, 5) is 4.30. The van der Waals surface area contributed by atoms with E-state index in [1.807, 2.05) is 19.9 Å². The Morgan fingerprint density at radius 1 is 1.41 bits per heavy atom. The summed E-state index contributed by atoms with van der Waals surface area (Å²) >= 11 is 0. The Morgan fingerprint density at radius 2 is 2.12 bits per heavy atom. The van der Waals surface area contributed by atoms with E-state index in [0.29, 0.717) is 17.9 Å². The van der Waals surface area contributed by atoms with Gasteiger partial charge in [0, 0.05) is 11.8 Å². The van der Waals surface area contributed by atoms with Crippen LogP contribution in [-0.2, 0) is 0 Å². The molecule has 4 nitrogen and oxygen atoms in total.